The fourth-order valence-corrected chi connectivity index (χ4v) is 10.4. The zero-order chi connectivity index (χ0) is 39.6. The van der Waals surface area contributed by atoms with Crippen LogP contribution in [0, 0.1) is 0 Å². The molecule has 0 amide bonds. The van der Waals surface area contributed by atoms with Gasteiger partial charge in [0, 0.05) is 22.2 Å². The highest BCUT2D eigenvalue weighted by atomic mass is 15.1. The molecule has 59 heavy (non-hydrogen) atoms. The van der Waals surface area contributed by atoms with Crippen molar-refractivity contribution in [2.75, 3.05) is 4.90 Å². The van der Waals surface area contributed by atoms with Gasteiger partial charge in [0.1, 0.15) is 0 Å². The molecule has 0 atom stereocenters. The molecule has 0 bridgehead atoms. The Hall–Kier alpha value is -7.22. The summed E-state index contributed by atoms with van der Waals surface area (Å²) in [7, 11) is 0. The lowest BCUT2D eigenvalue weighted by atomic mass is 9.67. The Morgan fingerprint density at radius 2 is 0.797 bits per heavy atom. The summed E-state index contributed by atoms with van der Waals surface area (Å²) in [5.74, 6) is 0. The summed E-state index contributed by atoms with van der Waals surface area (Å²) in [5, 5.41) is 0. The molecule has 1 nitrogen and oxygen atoms in total. The van der Waals surface area contributed by atoms with Crippen LogP contribution in [-0.4, -0.2) is 0 Å². The van der Waals surface area contributed by atoms with E-state index < -0.39 is 5.41 Å². The first-order chi connectivity index (χ1) is 29.1. The summed E-state index contributed by atoms with van der Waals surface area (Å²) in [6, 6.07) is 83.1. The van der Waals surface area contributed by atoms with E-state index in [4.69, 9.17) is 0 Å². The second kappa shape index (κ2) is 13.7. The molecule has 0 N–H and O–H groups in total. The molecule has 1 heteroatoms. The lowest BCUT2D eigenvalue weighted by Crippen LogP contribution is -2.28. The minimum atomic E-state index is -0.530. The van der Waals surface area contributed by atoms with Gasteiger partial charge in [-0.15, -0.1) is 0 Å². The van der Waals surface area contributed by atoms with Crippen molar-refractivity contribution >= 4 is 17.1 Å². The molecule has 9 aromatic rings. The Morgan fingerprint density at radius 3 is 1.46 bits per heavy atom. The van der Waals surface area contributed by atoms with Crippen LogP contribution in [0.2, 0.25) is 0 Å². The molecule has 0 saturated heterocycles. The van der Waals surface area contributed by atoms with E-state index in [2.05, 4.69) is 243 Å². The Bertz CT molecular complexity index is 2960. The van der Waals surface area contributed by atoms with Gasteiger partial charge in [-0.25, -0.2) is 0 Å². The molecule has 11 rings (SSSR count). The molecular formula is C58H43N. The van der Waals surface area contributed by atoms with Crippen molar-refractivity contribution in [1.82, 2.24) is 0 Å². The average Bonchev–Trinajstić information content (AvgIpc) is 3.73. The Labute approximate surface area is 347 Å². The molecule has 0 saturated carbocycles. The number of rotatable bonds is 7. The maximum absolute atomic E-state index is 2.57. The maximum Gasteiger partial charge on any atom is 0.0714 e. The van der Waals surface area contributed by atoms with Crippen LogP contribution in [0.4, 0.5) is 17.1 Å². The van der Waals surface area contributed by atoms with Crippen LogP contribution < -0.4 is 4.90 Å². The van der Waals surface area contributed by atoms with Crippen LogP contribution in [0.5, 0.6) is 0 Å². The molecule has 2 aliphatic rings. The largest absolute Gasteiger partial charge is 0.309 e. The van der Waals surface area contributed by atoms with Gasteiger partial charge in [-0.05, 0) is 91.0 Å². The van der Waals surface area contributed by atoms with E-state index >= 15 is 0 Å². The van der Waals surface area contributed by atoms with Gasteiger partial charge in [0.05, 0.1) is 16.8 Å². The van der Waals surface area contributed by atoms with Gasteiger partial charge in [0.15, 0.2) is 0 Å². The van der Waals surface area contributed by atoms with E-state index in [9.17, 15) is 0 Å². The lowest BCUT2D eigenvalue weighted by molar-refractivity contribution is 0.660. The van der Waals surface area contributed by atoms with Crippen molar-refractivity contribution in [2.24, 2.45) is 0 Å². The van der Waals surface area contributed by atoms with Crippen molar-refractivity contribution in [3.63, 3.8) is 0 Å². The molecule has 0 radical (unpaired) electrons. The summed E-state index contributed by atoms with van der Waals surface area (Å²) < 4.78 is 0. The van der Waals surface area contributed by atoms with Crippen LogP contribution in [0.15, 0.2) is 224 Å². The Kier molecular flexibility index (Phi) is 8.13. The second-order valence-corrected chi connectivity index (χ2v) is 16.4. The highest BCUT2D eigenvalue weighted by molar-refractivity contribution is 6.02. The third-order valence-electron chi connectivity index (χ3n) is 13.0. The first-order valence-electron chi connectivity index (χ1n) is 20.7. The third-order valence-corrected chi connectivity index (χ3v) is 13.0. The van der Waals surface area contributed by atoms with Crippen LogP contribution in [0.3, 0.4) is 0 Å². The lowest BCUT2D eigenvalue weighted by Gasteiger charge is -2.35. The molecular weight excluding hydrogens is 711 g/mol. The monoisotopic (exact) mass is 753 g/mol. The number of hydrogen-bond acceptors (Lipinski definition) is 1. The van der Waals surface area contributed by atoms with E-state index in [-0.39, 0.29) is 5.41 Å². The van der Waals surface area contributed by atoms with E-state index in [0.29, 0.717) is 0 Å². The van der Waals surface area contributed by atoms with E-state index in [1.807, 2.05) is 0 Å². The summed E-state index contributed by atoms with van der Waals surface area (Å²) >= 11 is 0. The van der Waals surface area contributed by atoms with Crippen molar-refractivity contribution in [2.45, 2.75) is 24.7 Å². The first kappa shape index (κ1) is 35.0. The number of fused-ring (bicyclic) bond motifs is 6. The average molecular weight is 754 g/mol. The highest BCUT2D eigenvalue weighted by Gasteiger charge is 2.46. The maximum atomic E-state index is 2.57. The molecule has 0 heterocycles. The van der Waals surface area contributed by atoms with Crippen LogP contribution >= 0.6 is 0 Å². The van der Waals surface area contributed by atoms with Gasteiger partial charge in [-0.3, -0.25) is 0 Å². The summed E-state index contributed by atoms with van der Waals surface area (Å²) in [4.78, 5) is 2.57. The van der Waals surface area contributed by atoms with Gasteiger partial charge in [0.2, 0.25) is 0 Å². The Morgan fingerprint density at radius 1 is 0.322 bits per heavy atom. The van der Waals surface area contributed by atoms with Gasteiger partial charge in [-0.2, -0.15) is 0 Å². The van der Waals surface area contributed by atoms with Crippen LogP contribution in [0.1, 0.15) is 47.2 Å². The molecule has 280 valence electrons. The zero-order valence-corrected chi connectivity index (χ0v) is 33.3. The van der Waals surface area contributed by atoms with Crippen LogP contribution in [0.25, 0.3) is 44.5 Å². The predicted octanol–water partition coefficient (Wildman–Crippen LogP) is 15.2. The summed E-state index contributed by atoms with van der Waals surface area (Å²) in [5.41, 5.74) is 20.4. The molecule has 0 fully saturated rings. The van der Waals surface area contributed by atoms with Crippen molar-refractivity contribution in [3.8, 4) is 44.5 Å². The van der Waals surface area contributed by atoms with Gasteiger partial charge < -0.3 is 4.90 Å². The topological polar surface area (TPSA) is 3.24 Å². The molecule has 2 aliphatic carbocycles. The minimum Gasteiger partial charge on any atom is -0.309 e. The van der Waals surface area contributed by atoms with Crippen molar-refractivity contribution in [3.05, 3.63) is 258 Å². The standard InChI is InChI=1S/C58H43N/c1-57(2)49-32-17-16-30-48(49)56-51(57)34-20-36-54(56)59(53-35-19-31-45(40-21-7-3-8-22-40)55(53)41-23-9-4-10-24-41)44-37-38-47-46-29-15-18-33-50(46)58(52(47)39-44,42-25-11-5-12-26-42)43-27-13-6-14-28-43/h3-39H,1-2H3. The first-order valence-corrected chi connectivity index (χ1v) is 20.7. The fourth-order valence-electron chi connectivity index (χ4n) is 10.4. The number of anilines is 3. The molecule has 0 aliphatic heterocycles. The van der Waals surface area contributed by atoms with E-state index in [1.165, 1.54) is 83.6 Å². The van der Waals surface area contributed by atoms with Crippen LogP contribution in [-0.2, 0) is 10.8 Å². The highest BCUT2D eigenvalue weighted by Crippen LogP contribution is 2.59. The van der Waals surface area contributed by atoms with E-state index in [0.717, 1.165) is 11.4 Å². The zero-order valence-electron chi connectivity index (χ0n) is 33.3. The summed E-state index contributed by atoms with van der Waals surface area (Å²) in [6.45, 7) is 4.75. The van der Waals surface area contributed by atoms with Gasteiger partial charge in [-0.1, -0.05) is 214 Å². The quantitative estimate of drug-likeness (QED) is 0.157. The number of hydrogen-bond donors (Lipinski definition) is 0. The molecule has 0 aromatic heterocycles. The number of nitrogens with zero attached hydrogens (tertiary/aromatic N) is 1. The molecule has 9 aromatic carbocycles. The fraction of sp³-hybridized carbons (Fsp3) is 0.0690. The summed E-state index contributed by atoms with van der Waals surface area (Å²) in [6.07, 6.45) is 0. The van der Waals surface area contributed by atoms with Gasteiger partial charge >= 0.3 is 0 Å². The van der Waals surface area contributed by atoms with E-state index in [1.54, 1.807) is 0 Å². The third kappa shape index (κ3) is 5.25. The number of benzene rings is 9. The minimum absolute atomic E-state index is 0.156. The predicted molar refractivity (Wildman–Crippen MR) is 247 cm³/mol. The smallest absolute Gasteiger partial charge is 0.0714 e. The molecule has 0 unspecified atom stereocenters. The second-order valence-electron chi connectivity index (χ2n) is 16.4. The Balaban J connectivity index is 1.26. The normalized spacial score (nSPS) is 13.9. The SMILES string of the molecule is CC1(C)c2ccccc2-c2c(N(c3ccc4c(c3)C(c3ccccc3)(c3ccccc3)c3ccccc3-4)c3cccc(-c4ccccc4)c3-c3ccccc3)cccc21. The van der Waals surface area contributed by atoms with Crippen molar-refractivity contribution in [1.29, 1.82) is 0 Å². The van der Waals surface area contributed by atoms with Crippen molar-refractivity contribution < 1.29 is 0 Å². The van der Waals surface area contributed by atoms with Gasteiger partial charge in [0.25, 0.3) is 0 Å². The molecule has 0 spiro atoms.